The lowest BCUT2D eigenvalue weighted by Crippen LogP contribution is -2.56. The first-order chi connectivity index (χ1) is 22.6. The number of primary amides is 1. The van der Waals surface area contributed by atoms with Gasteiger partial charge in [0.05, 0.1) is 26.2 Å². The summed E-state index contributed by atoms with van der Waals surface area (Å²) in [6.45, 7) is -1.69. The summed E-state index contributed by atoms with van der Waals surface area (Å²) < 4.78 is 5.20. The second kappa shape index (κ2) is 18.5. The zero-order chi connectivity index (χ0) is 35.9. The van der Waals surface area contributed by atoms with Crippen LogP contribution in [0.4, 0.5) is 0 Å². The highest BCUT2D eigenvalue weighted by Crippen LogP contribution is 2.09. The van der Waals surface area contributed by atoms with Crippen LogP contribution < -0.4 is 37.6 Å². The summed E-state index contributed by atoms with van der Waals surface area (Å²) in [5.74, 6) is -7.52. The molecule has 1 heterocycles. The smallest absolute Gasteiger partial charge is 0.317 e. The van der Waals surface area contributed by atoms with E-state index in [0.29, 0.717) is 10.5 Å². The topological polar surface area (TPSA) is 285 Å². The van der Waals surface area contributed by atoms with Gasteiger partial charge in [-0.25, -0.2) is 0 Å². The van der Waals surface area contributed by atoms with Crippen LogP contribution in [0, 0.1) is 0 Å². The maximum atomic E-state index is 12.9. The molecule has 0 spiro atoms. The fourth-order valence-corrected chi connectivity index (χ4v) is 3.89. The van der Waals surface area contributed by atoms with Crippen LogP contribution in [0.5, 0.6) is 0 Å². The van der Waals surface area contributed by atoms with Crippen LogP contribution in [0.15, 0.2) is 42.5 Å². The fraction of sp³-hybridized carbons (Fsp3) is 0.393. The number of rotatable bonds is 20. The van der Waals surface area contributed by atoms with Gasteiger partial charge in [0.15, 0.2) is 7.85 Å². The van der Waals surface area contributed by atoms with Gasteiger partial charge < -0.3 is 47.5 Å². The third-order valence-corrected chi connectivity index (χ3v) is 6.59. The number of carbonyl (C=O) groups excluding carboxylic acids is 8. The quantitative estimate of drug-likeness (QED) is 0.0365. The highest BCUT2D eigenvalue weighted by atomic mass is 16.5. The molecule has 9 N–H and O–H groups in total. The minimum absolute atomic E-state index is 0.0278. The number of hydrogen-bond acceptors (Lipinski definition) is 11. The summed E-state index contributed by atoms with van der Waals surface area (Å²) in [6.07, 6.45) is 1.91. The number of nitrogens with one attached hydrogen (secondary N) is 6. The predicted octanol–water partition coefficient (Wildman–Crippen LogP) is -6.04. The van der Waals surface area contributed by atoms with Crippen LogP contribution in [0.2, 0.25) is 0 Å². The molecular weight excluding hydrogens is 635 g/mol. The molecule has 1 aromatic rings. The fourth-order valence-electron chi connectivity index (χ4n) is 3.89. The Morgan fingerprint density at radius 1 is 0.854 bits per heavy atom. The molecule has 2 rings (SSSR count). The Hall–Kier alpha value is -5.63. The average molecular weight is 672 g/mol. The van der Waals surface area contributed by atoms with Crippen molar-refractivity contribution in [1.29, 1.82) is 0 Å². The van der Waals surface area contributed by atoms with Crippen molar-refractivity contribution in [1.82, 2.24) is 36.8 Å². The molecule has 19 nitrogen and oxygen atoms in total. The van der Waals surface area contributed by atoms with E-state index in [1.165, 1.54) is 14.8 Å². The number of carboxylic acid groups (broad SMARTS) is 1. The molecule has 0 radical (unpaired) electrons. The molecule has 0 fully saturated rings. The molecule has 8 amide bonds. The molecule has 20 heteroatoms. The zero-order valence-electron chi connectivity index (χ0n) is 26.2. The third-order valence-electron chi connectivity index (χ3n) is 6.59. The number of carbonyl (C=O) groups is 9. The molecule has 1 aromatic carbocycles. The van der Waals surface area contributed by atoms with Crippen LogP contribution in [-0.4, -0.2) is 128 Å². The summed E-state index contributed by atoms with van der Waals surface area (Å²) in [5.41, 5.74) is 4.54. The van der Waals surface area contributed by atoms with E-state index >= 15 is 0 Å². The first kappa shape index (κ1) is 38.6. The van der Waals surface area contributed by atoms with Crippen molar-refractivity contribution < 1.29 is 53.0 Å². The molecule has 0 saturated carbocycles. The van der Waals surface area contributed by atoms with Crippen LogP contribution in [0.25, 0.3) is 0 Å². The van der Waals surface area contributed by atoms with Crippen LogP contribution in [0.3, 0.4) is 0 Å². The van der Waals surface area contributed by atoms with Gasteiger partial charge in [0, 0.05) is 25.1 Å². The Morgan fingerprint density at radius 2 is 1.42 bits per heavy atom. The number of aliphatic carboxylic acids is 1. The minimum atomic E-state index is -1.47. The van der Waals surface area contributed by atoms with Gasteiger partial charge in [0.2, 0.25) is 35.4 Å². The van der Waals surface area contributed by atoms with Crippen molar-refractivity contribution in [2.24, 2.45) is 5.73 Å². The van der Waals surface area contributed by atoms with Crippen molar-refractivity contribution in [3.8, 4) is 0 Å². The number of nitrogens with zero attached hydrogens (tertiary/aromatic N) is 1. The third kappa shape index (κ3) is 13.0. The Bertz CT molecular complexity index is 1420. The number of amides is 8. The minimum Gasteiger partial charge on any atom is -0.480 e. The number of carboxylic acids is 1. The van der Waals surface area contributed by atoms with E-state index in [9.17, 15) is 43.2 Å². The van der Waals surface area contributed by atoms with Gasteiger partial charge in [0.25, 0.3) is 11.8 Å². The first-order valence-corrected chi connectivity index (χ1v) is 14.4. The number of hydrogen-bond donors (Lipinski definition) is 8. The molecular formula is C28H37BN8O11. The summed E-state index contributed by atoms with van der Waals surface area (Å²) >= 11 is 0. The number of imide groups is 1. The SMILES string of the molecule is BC(C)(OCNC(=O)CNC(=O)C(Cc1ccccc1)NC(=O)CNC(=O)CNC(=O)C(CNCC(=O)O)N1C(=O)C=CC1=O)C(N)=O. The highest BCUT2D eigenvalue weighted by Gasteiger charge is 2.36. The average Bonchev–Trinajstić information content (AvgIpc) is 3.36. The summed E-state index contributed by atoms with van der Waals surface area (Å²) in [4.78, 5) is 110. The Labute approximate surface area is 275 Å². The molecule has 0 aliphatic carbocycles. The first-order valence-electron chi connectivity index (χ1n) is 14.4. The number of benzene rings is 1. The van der Waals surface area contributed by atoms with E-state index in [1.54, 1.807) is 30.3 Å². The van der Waals surface area contributed by atoms with E-state index in [0.717, 1.165) is 12.2 Å². The van der Waals surface area contributed by atoms with E-state index in [1.807, 2.05) is 0 Å². The molecule has 3 unspecified atom stereocenters. The molecule has 258 valence electrons. The van der Waals surface area contributed by atoms with Gasteiger partial charge in [-0.1, -0.05) is 30.3 Å². The predicted molar refractivity (Wildman–Crippen MR) is 167 cm³/mol. The van der Waals surface area contributed by atoms with Crippen LogP contribution >= 0.6 is 0 Å². The van der Waals surface area contributed by atoms with Crippen LogP contribution in [0.1, 0.15) is 12.5 Å². The van der Waals surface area contributed by atoms with Gasteiger partial charge in [-0.3, -0.25) is 48.1 Å². The van der Waals surface area contributed by atoms with E-state index < -0.39 is 104 Å². The van der Waals surface area contributed by atoms with Gasteiger partial charge in [0.1, 0.15) is 24.3 Å². The molecule has 3 atom stereocenters. The van der Waals surface area contributed by atoms with Crippen molar-refractivity contribution in [3.63, 3.8) is 0 Å². The van der Waals surface area contributed by atoms with Crippen molar-refractivity contribution in [2.75, 3.05) is 39.5 Å². The normalized spacial score (nSPS) is 14.6. The summed E-state index contributed by atoms with van der Waals surface area (Å²) in [5, 5.41) is 23.0. The Morgan fingerprint density at radius 3 is 2.00 bits per heavy atom. The Kier molecular flexibility index (Phi) is 14.9. The lowest BCUT2D eigenvalue weighted by molar-refractivity contribution is -0.145. The zero-order valence-corrected chi connectivity index (χ0v) is 26.2. The van der Waals surface area contributed by atoms with Crippen molar-refractivity contribution in [3.05, 3.63) is 48.0 Å². The molecule has 1 aliphatic heterocycles. The van der Waals surface area contributed by atoms with Gasteiger partial charge >= 0.3 is 5.97 Å². The maximum absolute atomic E-state index is 12.9. The second-order valence-electron chi connectivity index (χ2n) is 10.7. The largest absolute Gasteiger partial charge is 0.480 e. The van der Waals surface area contributed by atoms with E-state index in [-0.39, 0.29) is 13.2 Å². The number of nitrogens with two attached hydrogens (primary N) is 1. The van der Waals surface area contributed by atoms with E-state index in [2.05, 4.69) is 31.9 Å². The molecule has 1 aliphatic rings. The molecule has 0 bridgehead atoms. The maximum Gasteiger partial charge on any atom is 0.317 e. The standard InChI is InChI=1S/C28H37BN8O11/c1-28(29,27(30)47)48-15-35-20(39)12-33-25(45)17(9-16-5-3-2-4-6-16)36-21(40)13-32-19(38)11-34-26(46)18(10-31-14-24(43)44)37-22(41)7-8-23(37)42/h2-8,17-18,31H,9-15,29H2,1H3,(H2,30,47)(H,32,38)(H,33,45)(H,34,46)(H,35,39)(H,36,40)(H,43,44). The van der Waals surface area contributed by atoms with Gasteiger partial charge in [-0.05, 0) is 12.5 Å². The lowest BCUT2D eigenvalue weighted by Gasteiger charge is -2.25. The summed E-state index contributed by atoms with van der Waals surface area (Å²) in [6, 6.07) is 5.99. The lowest BCUT2D eigenvalue weighted by atomic mass is 9.83. The number of ether oxygens (including phenoxy) is 1. The van der Waals surface area contributed by atoms with Crippen molar-refractivity contribution >= 4 is 61.1 Å². The summed E-state index contributed by atoms with van der Waals surface area (Å²) in [7, 11) is 1.42. The van der Waals surface area contributed by atoms with Crippen molar-refractivity contribution in [2.45, 2.75) is 30.9 Å². The van der Waals surface area contributed by atoms with Gasteiger partial charge in [-0.2, -0.15) is 0 Å². The monoisotopic (exact) mass is 672 g/mol. The molecule has 0 aromatic heterocycles. The van der Waals surface area contributed by atoms with E-state index in [4.69, 9.17) is 15.6 Å². The Balaban J connectivity index is 1.91. The second-order valence-corrected chi connectivity index (χ2v) is 10.7. The molecule has 48 heavy (non-hydrogen) atoms. The highest BCUT2D eigenvalue weighted by molar-refractivity contribution is 6.26. The van der Waals surface area contributed by atoms with Crippen LogP contribution in [-0.2, 0) is 54.3 Å². The van der Waals surface area contributed by atoms with Gasteiger partial charge in [-0.15, -0.1) is 0 Å². The molecule has 0 saturated heterocycles.